The largest absolute Gasteiger partial charge is 0.504 e. The SMILES string of the molecule is O=C(COc1cccc2ccccc12)Nc1ncccc1O. The molecule has 0 saturated heterocycles. The van der Waals surface area contributed by atoms with Crippen LogP contribution in [0, 0.1) is 0 Å². The third-order valence-electron chi connectivity index (χ3n) is 3.15. The number of carbonyl (C=O) groups excluding carboxylic acids is 1. The number of fused-ring (bicyclic) bond motifs is 1. The fourth-order valence-electron chi connectivity index (χ4n) is 2.13. The third-order valence-corrected chi connectivity index (χ3v) is 3.15. The van der Waals surface area contributed by atoms with Crippen molar-refractivity contribution in [3.8, 4) is 11.5 Å². The van der Waals surface area contributed by atoms with Crippen LogP contribution >= 0.6 is 0 Å². The van der Waals surface area contributed by atoms with Gasteiger partial charge < -0.3 is 15.2 Å². The Morgan fingerprint density at radius 3 is 2.77 bits per heavy atom. The van der Waals surface area contributed by atoms with Crippen molar-refractivity contribution in [2.45, 2.75) is 0 Å². The van der Waals surface area contributed by atoms with Crippen LogP contribution in [0.1, 0.15) is 0 Å². The molecule has 5 nitrogen and oxygen atoms in total. The molecule has 0 unspecified atom stereocenters. The minimum atomic E-state index is -0.387. The Labute approximate surface area is 127 Å². The van der Waals surface area contributed by atoms with Gasteiger partial charge in [0.2, 0.25) is 0 Å². The van der Waals surface area contributed by atoms with Crippen LogP contribution < -0.4 is 10.1 Å². The van der Waals surface area contributed by atoms with Gasteiger partial charge in [-0.25, -0.2) is 4.98 Å². The van der Waals surface area contributed by atoms with Crippen molar-refractivity contribution < 1.29 is 14.6 Å². The summed E-state index contributed by atoms with van der Waals surface area (Å²) in [7, 11) is 0. The number of pyridine rings is 1. The molecule has 0 spiro atoms. The maximum Gasteiger partial charge on any atom is 0.263 e. The van der Waals surface area contributed by atoms with E-state index in [1.807, 2.05) is 42.5 Å². The number of rotatable bonds is 4. The fraction of sp³-hybridized carbons (Fsp3) is 0.0588. The highest BCUT2D eigenvalue weighted by atomic mass is 16.5. The van der Waals surface area contributed by atoms with E-state index in [2.05, 4.69) is 10.3 Å². The van der Waals surface area contributed by atoms with Crippen molar-refractivity contribution in [2.75, 3.05) is 11.9 Å². The number of ether oxygens (including phenoxy) is 1. The van der Waals surface area contributed by atoms with Gasteiger partial charge in [-0.3, -0.25) is 4.79 Å². The van der Waals surface area contributed by atoms with Crippen LogP contribution in [0.4, 0.5) is 5.82 Å². The molecule has 0 aliphatic carbocycles. The minimum absolute atomic E-state index is 0.0824. The molecule has 5 heteroatoms. The maximum absolute atomic E-state index is 11.9. The van der Waals surface area contributed by atoms with Gasteiger partial charge >= 0.3 is 0 Å². The van der Waals surface area contributed by atoms with Gasteiger partial charge in [0.1, 0.15) is 5.75 Å². The van der Waals surface area contributed by atoms with E-state index in [-0.39, 0.29) is 24.1 Å². The highest BCUT2D eigenvalue weighted by Crippen LogP contribution is 2.25. The van der Waals surface area contributed by atoms with Crippen LogP contribution in [0.5, 0.6) is 11.5 Å². The first-order chi connectivity index (χ1) is 10.7. The zero-order valence-corrected chi connectivity index (χ0v) is 11.7. The lowest BCUT2D eigenvalue weighted by atomic mass is 10.1. The van der Waals surface area contributed by atoms with Gasteiger partial charge in [0.05, 0.1) is 0 Å². The number of nitrogens with zero attached hydrogens (tertiary/aromatic N) is 1. The number of aromatic hydroxyl groups is 1. The first-order valence-electron chi connectivity index (χ1n) is 6.78. The van der Waals surface area contributed by atoms with E-state index in [0.29, 0.717) is 5.75 Å². The van der Waals surface area contributed by atoms with Gasteiger partial charge in [-0.15, -0.1) is 0 Å². The zero-order chi connectivity index (χ0) is 15.4. The smallest absolute Gasteiger partial charge is 0.263 e. The Bertz CT molecular complexity index is 812. The Morgan fingerprint density at radius 1 is 1.09 bits per heavy atom. The molecular formula is C17H14N2O3. The number of aromatic nitrogens is 1. The molecule has 22 heavy (non-hydrogen) atoms. The Hall–Kier alpha value is -3.08. The molecule has 2 aromatic carbocycles. The van der Waals surface area contributed by atoms with E-state index in [1.165, 1.54) is 12.3 Å². The van der Waals surface area contributed by atoms with Crippen LogP contribution in [0.15, 0.2) is 60.8 Å². The summed E-state index contributed by atoms with van der Waals surface area (Å²) in [5.41, 5.74) is 0. The normalized spacial score (nSPS) is 10.4. The summed E-state index contributed by atoms with van der Waals surface area (Å²) < 4.78 is 5.57. The summed E-state index contributed by atoms with van der Waals surface area (Å²) in [6.45, 7) is -0.163. The molecule has 110 valence electrons. The lowest BCUT2D eigenvalue weighted by Gasteiger charge is -2.10. The Balaban J connectivity index is 1.69. The number of amides is 1. The molecule has 0 aliphatic heterocycles. The van der Waals surface area contributed by atoms with Crippen molar-refractivity contribution >= 4 is 22.5 Å². The summed E-state index contributed by atoms with van der Waals surface area (Å²) >= 11 is 0. The average molecular weight is 294 g/mol. The van der Waals surface area contributed by atoms with Crippen LogP contribution in [-0.4, -0.2) is 22.6 Å². The van der Waals surface area contributed by atoms with Crippen LogP contribution in [0.25, 0.3) is 10.8 Å². The second-order valence-electron chi connectivity index (χ2n) is 4.69. The molecule has 2 N–H and O–H groups in total. The monoisotopic (exact) mass is 294 g/mol. The molecule has 0 atom stereocenters. The first-order valence-corrected chi connectivity index (χ1v) is 6.78. The van der Waals surface area contributed by atoms with Crippen LogP contribution in [0.2, 0.25) is 0 Å². The topological polar surface area (TPSA) is 71.5 Å². The van der Waals surface area contributed by atoms with Crippen molar-refractivity contribution in [2.24, 2.45) is 0 Å². The standard InChI is InChI=1S/C17H14N2O3/c20-14-8-4-10-18-17(14)19-16(21)11-22-15-9-3-6-12-5-1-2-7-13(12)15/h1-10,20H,11H2,(H,18,19,21). The van der Waals surface area contributed by atoms with Crippen molar-refractivity contribution in [1.29, 1.82) is 0 Å². The summed E-state index contributed by atoms with van der Waals surface area (Å²) in [6, 6.07) is 16.5. The van der Waals surface area contributed by atoms with Gasteiger partial charge in [-0.1, -0.05) is 36.4 Å². The molecular weight excluding hydrogens is 280 g/mol. The van der Waals surface area contributed by atoms with Crippen molar-refractivity contribution in [3.63, 3.8) is 0 Å². The molecule has 0 radical (unpaired) electrons. The minimum Gasteiger partial charge on any atom is -0.504 e. The lowest BCUT2D eigenvalue weighted by Crippen LogP contribution is -2.20. The quantitative estimate of drug-likeness (QED) is 0.776. The fourth-order valence-corrected chi connectivity index (χ4v) is 2.13. The highest BCUT2D eigenvalue weighted by molar-refractivity contribution is 5.93. The van der Waals surface area contributed by atoms with Crippen LogP contribution in [0.3, 0.4) is 0 Å². The second-order valence-corrected chi connectivity index (χ2v) is 4.69. The van der Waals surface area contributed by atoms with Gasteiger partial charge in [0.25, 0.3) is 5.91 Å². The third kappa shape index (κ3) is 2.98. The first kappa shape index (κ1) is 13.9. The van der Waals surface area contributed by atoms with Gasteiger partial charge in [-0.05, 0) is 23.6 Å². The summed E-state index contributed by atoms with van der Waals surface area (Å²) in [5, 5.41) is 14.1. The van der Waals surface area contributed by atoms with E-state index < -0.39 is 0 Å². The molecule has 3 rings (SSSR count). The summed E-state index contributed by atoms with van der Waals surface area (Å²) in [5.74, 6) is 0.287. The molecule has 0 aliphatic rings. The Morgan fingerprint density at radius 2 is 1.91 bits per heavy atom. The van der Waals surface area contributed by atoms with E-state index in [0.717, 1.165) is 10.8 Å². The number of benzene rings is 2. The number of carbonyl (C=O) groups is 1. The molecule has 0 saturated carbocycles. The van der Waals surface area contributed by atoms with Crippen molar-refractivity contribution in [3.05, 3.63) is 60.8 Å². The van der Waals surface area contributed by atoms with Gasteiger partial charge in [0, 0.05) is 11.6 Å². The number of anilines is 1. The highest BCUT2D eigenvalue weighted by Gasteiger charge is 2.09. The number of hydrogen-bond acceptors (Lipinski definition) is 4. The molecule has 0 fully saturated rings. The number of hydrogen-bond donors (Lipinski definition) is 2. The molecule has 1 aromatic heterocycles. The summed E-state index contributed by atoms with van der Waals surface area (Å²) in [6.07, 6.45) is 1.49. The Kier molecular flexibility index (Phi) is 3.87. The molecule has 0 bridgehead atoms. The zero-order valence-electron chi connectivity index (χ0n) is 11.7. The van der Waals surface area contributed by atoms with Gasteiger partial charge in [-0.2, -0.15) is 0 Å². The molecule has 3 aromatic rings. The van der Waals surface area contributed by atoms with Crippen LogP contribution in [-0.2, 0) is 4.79 Å². The average Bonchev–Trinajstić information content (AvgIpc) is 2.55. The lowest BCUT2D eigenvalue weighted by molar-refractivity contribution is -0.118. The molecule has 1 heterocycles. The van der Waals surface area contributed by atoms with E-state index in [1.54, 1.807) is 6.07 Å². The van der Waals surface area contributed by atoms with Crippen molar-refractivity contribution in [1.82, 2.24) is 4.98 Å². The van der Waals surface area contributed by atoms with Gasteiger partial charge in [0.15, 0.2) is 18.2 Å². The van der Waals surface area contributed by atoms with E-state index in [4.69, 9.17) is 4.74 Å². The maximum atomic E-state index is 11.9. The van der Waals surface area contributed by atoms with E-state index >= 15 is 0 Å². The van der Waals surface area contributed by atoms with E-state index in [9.17, 15) is 9.90 Å². The molecule has 1 amide bonds. The second kappa shape index (κ2) is 6.13. The number of nitrogens with one attached hydrogen (secondary N) is 1. The summed E-state index contributed by atoms with van der Waals surface area (Å²) in [4.78, 5) is 15.8. The predicted octanol–water partition coefficient (Wildman–Crippen LogP) is 2.96. The predicted molar refractivity (Wildman–Crippen MR) is 84.0 cm³/mol.